The molecule has 0 aliphatic heterocycles. The molecular formula is C17H14FN5OS2. The summed E-state index contributed by atoms with van der Waals surface area (Å²) in [5, 5.41) is 14.5. The van der Waals surface area contributed by atoms with Crippen LogP contribution < -0.4 is 16.0 Å². The molecule has 0 saturated carbocycles. The Labute approximate surface area is 158 Å². The van der Waals surface area contributed by atoms with Gasteiger partial charge in [-0.15, -0.1) is 5.10 Å². The highest BCUT2D eigenvalue weighted by Crippen LogP contribution is 2.14. The molecule has 9 heteroatoms. The average Bonchev–Trinajstić information content (AvgIpc) is 3.17. The summed E-state index contributed by atoms with van der Waals surface area (Å²) < 4.78 is 16.8. The summed E-state index contributed by atoms with van der Waals surface area (Å²) in [5.74, 6) is -0.596. The highest BCUT2D eigenvalue weighted by Gasteiger charge is 2.08. The van der Waals surface area contributed by atoms with Gasteiger partial charge in [-0.3, -0.25) is 4.79 Å². The Morgan fingerprint density at radius 3 is 2.50 bits per heavy atom. The maximum absolute atomic E-state index is 13.1. The van der Waals surface area contributed by atoms with Crippen molar-refractivity contribution in [2.24, 2.45) is 0 Å². The van der Waals surface area contributed by atoms with E-state index in [2.05, 4.69) is 25.5 Å². The van der Waals surface area contributed by atoms with Gasteiger partial charge in [0.25, 0.3) is 5.91 Å². The summed E-state index contributed by atoms with van der Waals surface area (Å²) in [4.78, 5) is 11.9. The number of nitrogens with one attached hydrogen (secondary N) is 3. The summed E-state index contributed by atoms with van der Waals surface area (Å²) in [6, 6.07) is 13.4. The van der Waals surface area contributed by atoms with Crippen molar-refractivity contribution in [2.45, 2.75) is 6.54 Å². The molecule has 0 fully saturated rings. The SMILES string of the molecule is O=C(Nc1ccc(NC(=S)NCc2cccc(F)c2)cc1)c1csnn1. The van der Waals surface area contributed by atoms with Crippen LogP contribution in [0.4, 0.5) is 15.8 Å². The lowest BCUT2D eigenvalue weighted by atomic mass is 10.2. The zero-order valence-corrected chi connectivity index (χ0v) is 15.0. The average molecular weight is 387 g/mol. The minimum Gasteiger partial charge on any atom is -0.358 e. The van der Waals surface area contributed by atoms with Gasteiger partial charge in [0.15, 0.2) is 10.8 Å². The zero-order chi connectivity index (χ0) is 18.4. The van der Waals surface area contributed by atoms with Crippen molar-refractivity contribution in [1.82, 2.24) is 14.9 Å². The molecule has 132 valence electrons. The Morgan fingerprint density at radius 2 is 1.85 bits per heavy atom. The van der Waals surface area contributed by atoms with E-state index in [9.17, 15) is 9.18 Å². The lowest BCUT2D eigenvalue weighted by Gasteiger charge is -2.11. The fourth-order valence-corrected chi connectivity index (χ4v) is 2.73. The first-order valence-electron chi connectivity index (χ1n) is 7.58. The third-order valence-electron chi connectivity index (χ3n) is 3.34. The van der Waals surface area contributed by atoms with E-state index in [0.717, 1.165) is 22.8 Å². The van der Waals surface area contributed by atoms with Crippen molar-refractivity contribution in [3.05, 3.63) is 71.0 Å². The Morgan fingerprint density at radius 1 is 1.12 bits per heavy atom. The smallest absolute Gasteiger partial charge is 0.277 e. The van der Waals surface area contributed by atoms with Crippen molar-refractivity contribution in [3.63, 3.8) is 0 Å². The van der Waals surface area contributed by atoms with Crippen molar-refractivity contribution in [2.75, 3.05) is 10.6 Å². The molecule has 0 bridgehead atoms. The maximum atomic E-state index is 13.1. The van der Waals surface area contributed by atoms with E-state index >= 15 is 0 Å². The van der Waals surface area contributed by atoms with E-state index in [1.807, 2.05) is 6.07 Å². The molecule has 0 saturated heterocycles. The number of anilines is 2. The number of hydrogen-bond acceptors (Lipinski definition) is 5. The molecule has 0 atom stereocenters. The standard InChI is InChI=1S/C17H14FN5OS2/c18-12-3-1-2-11(8-12)9-19-17(25)21-14-6-4-13(5-7-14)20-16(24)15-10-26-23-22-15/h1-8,10H,9H2,(H,20,24)(H2,19,21,25). The third kappa shape index (κ3) is 5.04. The molecule has 0 unspecified atom stereocenters. The van der Waals surface area contributed by atoms with Gasteiger partial charge in [0.1, 0.15) is 5.82 Å². The second kappa shape index (κ2) is 8.45. The van der Waals surface area contributed by atoms with Crippen LogP contribution in [0.1, 0.15) is 16.1 Å². The summed E-state index contributed by atoms with van der Waals surface area (Å²) >= 11 is 6.34. The van der Waals surface area contributed by atoms with Gasteiger partial charge in [0.05, 0.1) is 0 Å². The van der Waals surface area contributed by atoms with E-state index < -0.39 is 0 Å². The number of carbonyl (C=O) groups is 1. The Bertz CT molecular complexity index is 900. The number of carbonyl (C=O) groups excluding carboxylic acids is 1. The van der Waals surface area contributed by atoms with Gasteiger partial charge in [0.2, 0.25) is 0 Å². The van der Waals surface area contributed by atoms with Gasteiger partial charge in [-0.25, -0.2) is 4.39 Å². The van der Waals surface area contributed by atoms with Crippen LogP contribution in [0, 0.1) is 5.82 Å². The second-order valence-electron chi connectivity index (χ2n) is 5.26. The fourth-order valence-electron chi connectivity index (χ4n) is 2.10. The number of rotatable bonds is 5. The van der Waals surface area contributed by atoms with Crippen molar-refractivity contribution in [3.8, 4) is 0 Å². The summed E-state index contributed by atoms with van der Waals surface area (Å²) in [7, 11) is 0. The molecule has 3 rings (SSSR count). The van der Waals surface area contributed by atoms with Crippen LogP contribution in [0.3, 0.4) is 0 Å². The lowest BCUT2D eigenvalue weighted by Crippen LogP contribution is -2.27. The Balaban J connectivity index is 1.50. The maximum Gasteiger partial charge on any atom is 0.277 e. The van der Waals surface area contributed by atoms with E-state index in [1.54, 1.807) is 35.7 Å². The first-order valence-corrected chi connectivity index (χ1v) is 8.82. The van der Waals surface area contributed by atoms with E-state index in [1.165, 1.54) is 12.1 Å². The van der Waals surface area contributed by atoms with Crippen LogP contribution in [-0.2, 0) is 6.54 Å². The topological polar surface area (TPSA) is 78.9 Å². The number of nitrogens with zero attached hydrogens (tertiary/aromatic N) is 2. The predicted octanol–water partition coefficient (Wildman–Crippen LogP) is 3.42. The highest BCUT2D eigenvalue weighted by atomic mass is 32.1. The van der Waals surface area contributed by atoms with E-state index in [-0.39, 0.29) is 17.4 Å². The minimum atomic E-state index is -0.313. The second-order valence-corrected chi connectivity index (χ2v) is 6.28. The molecular weight excluding hydrogens is 373 g/mol. The predicted molar refractivity (Wildman–Crippen MR) is 104 cm³/mol. The van der Waals surface area contributed by atoms with Crippen molar-refractivity contribution in [1.29, 1.82) is 0 Å². The molecule has 0 aliphatic rings. The first-order chi connectivity index (χ1) is 12.6. The number of benzene rings is 2. The van der Waals surface area contributed by atoms with Gasteiger partial charge < -0.3 is 16.0 Å². The zero-order valence-electron chi connectivity index (χ0n) is 13.4. The number of thiocarbonyl (C=S) groups is 1. The fraction of sp³-hybridized carbons (Fsp3) is 0.0588. The molecule has 0 aliphatic carbocycles. The molecule has 3 aromatic rings. The van der Waals surface area contributed by atoms with Gasteiger partial charge in [0, 0.05) is 23.3 Å². The van der Waals surface area contributed by atoms with Crippen LogP contribution in [0.15, 0.2) is 53.9 Å². The number of aromatic nitrogens is 2. The Kier molecular flexibility index (Phi) is 5.82. The quantitative estimate of drug-likeness (QED) is 0.582. The van der Waals surface area contributed by atoms with Gasteiger partial charge in [-0.2, -0.15) is 0 Å². The largest absolute Gasteiger partial charge is 0.358 e. The first kappa shape index (κ1) is 17.9. The Hall–Kier alpha value is -2.91. The normalized spacial score (nSPS) is 10.2. The van der Waals surface area contributed by atoms with Crippen molar-refractivity contribution >= 4 is 46.1 Å². The minimum absolute atomic E-state index is 0.278. The van der Waals surface area contributed by atoms with E-state index in [4.69, 9.17) is 12.2 Å². The summed E-state index contributed by atoms with van der Waals surface area (Å²) in [5.41, 5.74) is 2.46. The molecule has 1 heterocycles. The molecule has 1 amide bonds. The molecule has 26 heavy (non-hydrogen) atoms. The van der Waals surface area contributed by atoms with Gasteiger partial charge >= 0.3 is 0 Å². The molecule has 2 aromatic carbocycles. The van der Waals surface area contributed by atoms with Gasteiger partial charge in [-0.1, -0.05) is 16.6 Å². The number of hydrogen-bond donors (Lipinski definition) is 3. The van der Waals surface area contributed by atoms with E-state index in [0.29, 0.717) is 17.3 Å². The monoisotopic (exact) mass is 387 g/mol. The number of halogens is 1. The molecule has 3 N–H and O–H groups in total. The molecule has 0 spiro atoms. The van der Waals surface area contributed by atoms with Crippen LogP contribution in [-0.4, -0.2) is 20.6 Å². The van der Waals surface area contributed by atoms with Crippen LogP contribution >= 0.6 is 23.8 Å². The summed E-state index contributed by atoms with van der Waals surface area (Å²) in [6.07, 6.45) is 0. The highest BCUT2D eigenvalue weighted by molar-refractivity contribution is 7.80. The van der Waals surface area contributed by atoms with Crippen LogP contribution in [0.25, 0.3) is 0 Å². The molecule has 1 aromatic heterocycles. The third-order valence-corrected chi connectivity index (χ3v) is 4.09. The lowest BCUT2D eigenvalue weighted by molar-refractivity contribution is 0.102. The van der Waals surface area contributed by atoms with Crippen LogP contribution in [0.5, 0.6) is 0 Å². The van der Waals surface area contributed by atoms with Crippen molar-refractivity contribution < 1.29 is 9.18 Å². The molecule has 0 radical (unpaired) electrons. The molecule has 6 nitrogen and oxygen atoms in total. The summed E-state index contributed by atoms with van der Waals surface area (Å²) in [6.45, 7) is 0.416. The number of amides is 1. The van der Waals surface area contributed by atoms with Gasteiger partial charge in [-0.05, 0) is 65.7 Å². The van der Waals surface area contributed by atoms with Crippen LogP contribution in [0.2, 0.25) is 0 Å².